The number of hydrazone groups is 1. The van der Waals surface area contributed by atoms with E-state index in [4.69, 9.17) is 16.6 Å². The Morgan fingerprint density at radius 2 is 1.87 bits per heavy atom. The van der Waals surface area contributed by atoms with Crippen LogP contribution in [0.1, 0.15) is 46.9 Å². The third-order valence-electron chi connectivity index (χ3n) is 6.56. The molecular formula is C31H26ClF3N6O3S. The monoisotopic (exact) mass is 654 g/mol. The summed E-state index contributed by atoms with van der Waals surface area (Å²) >= 11 is 7.90. The van der Waals surface area contributed by atoms with Crippen LogP contribution in [0.25, 0.3) is 5.69 Å². The number of aliphatic imine (C=N–C) groups is 1. The molecule has 2 heterocycles. The van der Waals surface area contributed by atoms with Crippen LogP contribution >= 0.6 is 23.4 Å². The van der Waals surface area contributed by atoms with Gasteiger partial charge in [0.15, 0.2) is 5.17 Å². The van der Waals surface area contributed by atoms with Gasteiger partial charge in [-0.05, 0) is 66.4 Å². The Morgan fingerprint density at radius 3 is 2.56 bits per heavy atom. The molecule has 1 saturated heterocycles. The van der Waals surface area contributed by atoms with E-state index in [2.05, 4.69) is 34.1 Å². The smallest absolute Gasteiger partial charge is 0.406 e. The zero-order valence-electron chi connectivity index (χ0n) is 24.2. The molecule has 3 aromatic carbocycles. The van der Waals surface area contributed by atoms with Gasteiger partial charge in [0.1, 0.15) is 5.75 Å². The molecule has 45 heavy (non-hydrogen) atoms. The lowest BCUT2D eigenvalue weighted by Crippen LogP contribution is -2.23. The van der Waals surface area contributed by atoms with Crippen molar-refractivity contribution in [3.8, 4) is 11.4 Å². The maximum absolute atomic E-state index is 12.7. The van der Waals surface area contributed by atoms with Gasteiger partial charge in [0.2, 0.25) is 0 Å². The number of aryl methyl sites for hydroxylation is 1. The third-order valence-corrected chi connectivity index (χ3v) is 7.77. The number of ether oxygens (including phenoxy) is 1. The summed E-state index contributed by atoms with van der Waals surface area (Å²) in [5.74, 6) is -0.669. The molecule has 0 aliphatic carbocycles. The van der Waals surface area contributed by atoms with Crippen molar-refractivity contribution in [1.82, 2.24) is 14.8 Å². The second kappa shape index (κ2) is 13.2. The van der Waals surface area contributed by atoms with Crippen LogP contribution in [0.2, 0.25) is 5.02 Å². The number of nitrogens with zero attached hydrogens (tertiary/aromatic N) is 5. The molecule has 1 N–H and O–H groups in total. The van der Waals surface area contributed by atoms with Gasteiger partial charge in [0.05, 0.1) is 45.9 Å². The zero-order valence-corrected chi connectivity index (χ0v) is 25.7. The second-order valence-electron chi connectivity index (χ2n) is 10.2. The minimum atomic E-state index is -4.83. The summed E-state index contributed by atoms with van der Waals surface area (Å²) in [7, 11) is 0. The highest BCUT2D eigenvalue weighted by molar-refractivity contribution is 8.15. The van der Waals surface area contributed by atoms with Gasteiger partial charge in [-0.1, -0.05) is 61.5 Å². The third kappa shape index (κ3) is 7.73. The van der Waals surface area contributed by atoms with E-state index < -0.39 is 18.0 Å². The number of para-hydroxylation sites is 1. The van der Waals surface area contributed by atoms with Crippen LogP contribution in [-0.4, -0.2) is 50.1 Å². The largest absolute Gasteiger partial charge is 0.573 e. The Labute approximate surface area is 265 Å². The lowest BCUT2D eigenvalue weighted by Gasteiger charge is -2.12. The first-order chi connectivity index (χ1) is 21.4. The van der Waals surface area contributed by atoms with Crippen molar-refractivity contribution in [2.75, 3.05) is 11.1 Å². The first kappa shape index (κ1) is 31.8. The lowest BCUT2D eigenvalue weighted by atomic mass is 10.0. The summed E-state index contributed by atoms with van der Waals surface area (Å²) in [6, 6.07) is 17.5. The number of hydrogen-bond acceptors (Lipinski definition) is 7. The van der Waals surface area contributed by atoms with Crippen LogP contribution in [-0.2, 0) is 4.79 Å². The van der Waals surface area contributed by atoms with Crippen molar-refractivity contribution in [2.45, 2.75) is 33.1 Å². The van der Waals surface area contributed by atoms with Gasteiger partial charge in [-0.3, -0.25) is 9.59 Å². The zero-order chi connectivity index (χ0) is 32.3. The summed E-state index contributed by atoms with van der Waals surface area (Å²) < 4.78 is 42.6. The van der Waals surface area contributed by atoms with E-state index in [-0.39, 0.29) is 23.1 Å². The molecule has 0 unspecified atom stereocenters. The highest BCUT2D eigenvalue weighted by Gasteiger charge is 2.31. The number of carbonyl (C=O) groups excluding carboxylic acids is 2. The minimum absolute atomic E-state index is 0.130. The molecule has 1 aliphatic heterocycles. The molecule has 14 heteroatoms. The van der Waals surface area contributed by atoms with E-state index in [0.717, 1.165) is 23.4 Å². The van der Waals surface area contributed by atoms with Gasteiger partial charge >= 0.3 is 6.36 Å². The first-order valence-corrected chi connectivity index (χ1v) is 14.9. The van der Waals surface area contributed by atoms with Crippen LogP contribution in [0.15, 0.2) is 83.0 Å². The first-order valence-electron chi connectivity index (χ1n) is 13.6. The van der Waals surface area contributed by atoms with Gasteiger partial charge in [-0.15, -0.1) is 13.2 Å². The van der Waals surface area contributed by atoms with Gasteiger partial charge in [0.25, 0.3) is 11.8 Å². The maximum Gasteiger partial charge on any atom is 0.573 e. The number of amidine groups is 1. The normalized spacial score (nSPS) is 14.6. The van der Waals surface area contributed by atoms with E-state index >= 15 is 0 Å². The number of carbonyl (C=O) groups is 2. The van der Waals surface area contributed by atoms with E-state index in [1.165, 1.54) is 39.8 Å². The predicted octanol–water partition coefficient (Wildman–Crippen LogP) is 7.71. The fourth-order valence-electron chi connectivity index (χ4n) is 4.35. The SMILES string of the molecule is Cc1nn(-c2ccc(/C=N/N3C(=O)CS/C3=N\c3ccccc3C(C)C)cc2Cl)cc1NC(=O)c1ccc(OC(F)(F)F)cc1. The number of benzene rings is 3. The average Bonchev–Trinajstić information content (AvgIpc) is 3.52. The standard InChI is InChI=1S/C31H26ClF3N6O3S/c1-18(2)23-6-4-5-7-25(23)38-30-41(28(42)17-45-30)36-15-20-8-13-27(24(32)14-20)40-16-26(19(3)39-40)37-29(43)21-9-11-22(12-10-21)44-31(33,34)35/h4-16,18H,17H2,1-3H3,(H,37,43)/b36-15+,38-30-. The van der Waals surface area contributed by atoms with Crippen LogP contribution < -0.4 is 10.1 Å². The topological polar surface area (TPSA) is 101 Å². The van der Waals surface area contributed by atoms with Crippen molar-refractivity contribution in [1.29, 1.82) is 0 Å². The van der Waals surface area contributed by atoms with Gasteiger partial charge in [-0.25, -0.2) is 9.67 Å². The Morgan fingerprint density at radius 1 is 1.13 bits per heavy atom. The van der Waals surface area contributed by atoms with Crippen molar-refractivity contribution >= 4 is 57.9 Å². The van der Waals surface area contributed by atoms with Crippen LogP contribution in [0.3, 0.4) is 0 Å². The fourth-order valence-corrected chi connectivity index (χ4v) is 5.44. The molecular weight excluding hydrogens is 629 g/mol. The summed E-state index contributed by atoms with van der Waals surface area (Å²) in [5, 5.41) is 13.6. The van der Waals surface area contributed by atoms with Crippen LogP contribution in [0, 0.1) is 6.92 Å². The number of amides is 2. The number of thioether (sulfide) groups is 1. The predicted molar refractivity (Wildman–Crippen MR) is 169 cm³/mol. The Hall–Kier alpha value is -4.62. The molecule has 232 valence electrons. The molecule has 0 bridgehead atoms. The van der Waals surface area contributed by atoms with Gasteiger partial charge in [-0.2, -0.15) is 15.2 Å². The van der Waals surface area contributed by atoms with E-state index in [0.29, 0.717) is 32.8 Å². The Bertz CT molecular complexity index is 1810. The van der Waals surface area contributed by atoms with Crippen molar-refractivity contribution in [2.24, 2.45) is 10.1 Å². The van der Waals surface area contributed by atoms with Crippen molar-refractivity contribution in [3.05, 3.63) is 100 Å². The highest BCUT2D eigenvalue weighted by atomic mass is 35.5. The molecule has 0 atom stereocenters. The number of aromatic nitrogens is 2. The highest BCUT2D eigenvalue weighted by Crippen LogP contribution is 2.31. The van der Waals surface area contributed by atoms with Gasteiger partial charge < -0.3 is 10.1 Å². The maximum atomic E-state index is 12.7. The molecule has 0 spiro atoms. The number of halogens is 4. The number of nitrogens with one attached hydrogen (secondary N) is 1. The molecule has 5 rings (SSSR count). The molecule has 4 aromatic rings. The van der Waals surface area contributed by atoms with Crippen LogP contribution in [0.4, 0.5) is 24.5 Å². The summed E-state index contributed by atoms with van der Waals surface area (Å²) in [6.07, 6.45) is -1.73. The Kier molecular flexibility index (Phi) is 9.30. The van der Waals surface area contributed by atoms with E-state index in [1.807, 2.05) is 24.3 Å². The van der Waals surface area contributed by atoms with Crippen molar-refractivity contribution in [3.63, 3.8) is 0 Å². The number of rotatable bonds is 8. The lowest BCUT2D eigenvalue weighted by molar-refractivity contribution is -0.274. The summed E-state index contributed by atoms with van der Waals surface area (Å²) in [4.78, 5) is 30.0. The average molecular weight is 655 g/mol. The number of hydrogen-bond donors (Lipinski definition) is 1. The summed E-state index contributed by atoms with van der Waals surface area (Å²) in [6.45, 7) is 5.85. The molecule has 1 aliphatic rings. The molecule has 0 saturated carbocycles. The number of anilines is 1. The molecule has 1 fully saturated rings. The summed E-state index contributed by atoms with van der Waals surface area (Å²) in [5.41, 5.74) is 4.01. The Balaban J connectivity index is 1.29. The van der Waals surface area contributed by atoms with E-state index in [1.54, 1.807) is 31.3 Å². The number of alkyl halides is 3. The second-order valence-corrected chi connectivity index (χ2v) is 11.5. The van der Waals surface area contributed by atoms with Gasteiger partial charge in [0, 0.05) is 5.56 Å². The molecule has 1 aromatic heterocycles. The molecule has 2 amide bonds. The van der Waals surface area contributed by atoms with E-state index in [9.17, 15) is 22.8 Å². The fraction of sp³-hybridized carbons (Fsp3) is 0.194. The molecule has 0 radical (unpaired) electrons. The minimum Gasteiger partial charge on any atom is -0.406 e. The molecule has 9 nitrogen and oxygen atoms in total. The van der Waals surface area contributed by atoms with Crippen LogP contribution in [0.5, 0.6) is 5.75 Å². The quantitative estimate of drug-likeness (QED) is 0.196. The van der Waals surface area contributed by atoms with Crippen molar-refractivity contribution < 1.29 is 27.5 Å².